The predicted molar refractivity (Wildman–Crippen MR) is 106 cm³/mol. The number of hydrogen-bond donors (Lipinski definition) is 0. The maximum Gasteiger partial charge on any atom is 0.132 e. The molecule has 0 aliphatic carbocycles. The van der Waals surface area contributed by atoms with Crippen LogP contribution >= 0.6 is 0 Å². The average molecular weight is 356 g/mol. The van der Waals surface area contributed by atoms with Crippen LogP contribution in [-0.2, 0) is 7.05 Å². The number of rotatable bonds is 3. The van der Waals surface area contributed by atoms with Crippen molar-refractivity contribution in [2.75, 3.05) is 18.0 Å². The van der Waals surface area contributed by atoms with Crippen molar-refractivity contribution in [1.82, 2.24) is 24.5 Å². The number of anilines is 1. The van der Waals surface area contributed by atoms with Crippen molar-refractivity contribution in [2.45, 2.75) is 12.8 Å². The van der Waals surface area contributed by atoms with Crippen LogP contribution in [0.15, 0.2) is 54.9 Å². The van der Waals surface area contributed by atoms with E-state index in [1.165, 1.54) is 5.52 Å². The number of nitrogens with zero attached hydrogens (tertiary/aromatic N) is 6. The standard InChI is InChI=1S/C21H20N6/c1-14-23-18(15-6-5-9-22-11-15)10-20(24-14)27-12-16(13-27)21-25-17-7-3-4-8-19(17)26(21)2/h3-11,16H,12-13H2,1-2H3. The second-order valence-electron chi connectivity index (χ2n) is 7.02. The highest BCUT2D eigenvalue weighted by atomic mass is 15.3. The quantitative estimate of drug-likeness (QED) is 0.563. The van der Waals surface area contributed by atoms with E-state index in [-0.39, 0.29) is 0 Å². The predicted octanol–water partition coefficient (Wildman–Crippen LogP) is 3.34. The summed E-state index contributed by atoms with van der Waals surface area (Å²) in [4.78, 5) is 20.5. The molecule has 4 aromatic rings. The summed E-state index contributed by atoms with van der Waals surface area (Å²) in [5.41, 5.74) is 4.17. The lowest BCUT2D eigenvalue weighted by molar-refractivity contribution is 0.486. The highest BCUT2D eigenvalue weighted by Crippen LogP contribution is 2.32. The van der Waals surface area contributed by atoms with E-state index >= 15 is 0 Å². The Bertz CT molecular complexity index is 1110. The van der Waals surface area contributed by atoms with Crippen LogP contribution in [-0.4, -0.2) is 37.6 Å². The number of aromatic nitrogens is 5. The van der Waals surface area contributed by atoms with Crippen molar-refractivity contribution in [3.8, 4) is 11.3 Å². The SMILES string of the molecule is Cc1nc(-c2cccnc2)cc(N2CC(c3nc4ccccc4n3C)C2)n1. The zero-order valence-corrected chi connectivity index (χ0v) is 15.4. The van der Waals surface area contributed by atoms with Gasteiger partial charge in [0.1, 0.15) is 17.5 Å². The van der Waals surface area contributed by atoms with Crippen LogP contribution in [0.2, 0.25) is 0 Å². The molecule has 27 heavy (non-hydrogen) atoms. The Labute approximate surface area is 157 Å². The minimum atomic E-state index is 0.416. The van der Waals surface area contributed by atoms with Gasteiger partial charge in [0.2, 0.25) is 0 Å². The molecule has 0 amide bonds. The van der Waals surface area contributed by atoms with E-state index < -0.39 is 0 Å². The maximum absolute atomic E-state index is 4.84. The first-order valence-corrected chi connectivity index (χ1v) is 9.11. The summed E-state index contributed by atoms with van der Waals surface area (Å²) < 4.78 is 2.21. The summed E-state index contributed by atoms with van der Waals surface area (Å²) in [6.07, 6.45) is 3.61. The van der Waals surface area contributed by atoms with Crippen molar-refractivity contribution >= 4 is 16.9 Å². The number of fused-ring (bicyclic) bond motifs is 1. The number of benzene rings is 1. The van der Waals surface area contributed by atoms with Crippen molar-refractivity contribution < 1.29 is 0 Å². The number of hydrogen-bond acceptors (Lipinski definition) is 5. The minimum Gasteiger partial charge on any atom is -0.355 e. The van der Waals surface area contributed by atoms with Crippen LogP contribution in [0.25, 0.3) is 22.3 Å². The van der Waals surface area contributed by atoms with E-state index in [9.17, 15) is 0 Å². The Morgan fingerprint density at radius 3 is 2.63 bits per heavy atom. The summed E-state index contributed by atoms with van der Waals surface area (Å²) in [7, 11) is 2.10. The molecule has 6 nitrogen and oxygen atoms in total. The third-order valence-corrected chi connectivity index (χ3v) is 5.17. The monoisotopic (exact) mass is 356 g/mol. The molecule has 0 N–H and O–H groups in total. The van der Waals surface area contributed by atoms with Crippen LogP contribution in [0.4, 0.5) is 5.82 Å². The molecule has 1 fully saturated rings. The van der Waals surface area contributed by atoms with E-state index in [2.05, 4.69) is 55.7 Å². The number of aryl methyl sites for hydroxylation is 2. The van der Waals surface area contributed by atoms with Crippen molar-refractivity contribution in [3.05, 3.63) is 66.5 Å². The van der Waals surface area contributed by atoms with Gasteiger partial charge in [-0.15, -0.1) is 0 Å². The second-order valence-corrected chi connectivity index (χ2v) is 7.02. The van der Waals surface area contributed by atoms with Gasteiger partial charge in [0.05, 0.1) is 22.6 Å². The molecule has 0 spiro atoms. The number of para-hydroxylation sites is 2. The summed E-state index contributed by atoms with van der Waals surface area (Å²) in [5.74, 6) is 3.30. The zero-order chi connectivity index (χ0) is 18.4. The van der Waals surface area contributed by atoms with Gasteiger partial charge in [-0.25, -0.2) is 15.0 Å². The topological polar surface area (TPSA) is 59.7 Å². The molecule has 6 heteroatoms. The fourth-order valence-corrected chi connectivity index (χ4v) is 3.73. The summed E-state index contributed by atoms with van der Waals surface area (Å²) in [6.45, 7) is 3.77. The fourth-order valence-electron chi connectivity index (χ4n) is 3.73. The smallest absolute Gasteiger partial charge is 0.132 e. The van der Waals surface area contributed by atoms with E-state index in [1.807, 2.05) is 31.3 Å². The summed E-state index contributed by atoms with van der Waals surface area (Å²) >= 11 is 0. The van der Waals surface area contributed by atoms with Crippen molar-refractivity contribution in [3.63, 3.8) is 0 Å². The molecule has 3 aromatic heterocycles. The molecule has 0 radical (unpaired) electrons. The third kappa shape index (κ3) is 2.73. The van der Waals surface area contributed by atoms with Gasteiger partial charge in [0.25, 0.3) is 0 Å². The first-order valence-electron chi connectivity index (χ1n) is 9.11. The molecule has 0 saturated carbocycles. The van der Waals surface area contributed by atoms with Gasteiger partial charge in [-0.05, 0) is 31.2 Å². The largest absolute Gasteiger partial charge is 0.355 e. The van der Waals surface area contributed by atoms with Crippen LogP contribution in [0.1, 0.15) is 17.6 Å². The molecule has 1 aliphatic rings. The van der Waals surface area contributed by atoms with Gasteiger partial charge in [-0.3, -0.25) is 4.98 Å². The van der Waals surface area contributed by atoms with Crippen molar-refractivity contribution in [2.24, 2.45) is 7.05 Å². The summed E-state index contributed by atoms with van der Waals surface area (Å²) in [6, 6.07) is 14.3. The van der Waals surface area contributed by atoms with Gasteiger partial charge in [0, 0.05) is 44.2 Å². The Morgan fingerprint density at radius 2 is 1.85 bits per heavy atom. The van der Waals surface area contributed by atoms with Crippen LogP contribution in [0, 0.1) is 6.92 Å². The lowest BCUT2D eigenvalue weighted by Crippen LogP contribution is -2.46. The highest BCUT2D eigenvalue weighted by molar-refractivity contribution is 5.76. The molecule has 5 rings (SSSR count). The maximum atomic E-state index is 4.84. The Hall–Kier alpha value is -3.28. The minimum absolute atomic E-state index is 0.416. The van der Waals surface area contributed by atoms with Gasteiger partial charge in [-0.2, -0.15) is 0 Å². The highest BCUT2D eigenvalue weighted by Gasteiger charge is 2.33. The molecular weight excluding hydrogens is 336 g/mol. The molecule has 0 atom stereocenters. The lowest BCUT2D eigenvalue weighted by Gasteiger charge is -2.39. The van der Waals surface area contributed by atoms with Crippen LogP contribution in [0.3, 0.4) is 0 Å². The third-order valence-electron chi connectivity index (χ3n) is 5.17. The first-order chi connectivity index (χ1) is 13.2. The molecule has 1 aromatic carbocycles. The van der Waals surface area contributed by atoms with Gasteiger partial charge >= 0.3 is 0 Å². The molecule has 0 bridgehead atoms. The Morgan fingerprint density at radius 1 is 1.00 bits per heavy atom. The van der Waals surface area contributed by atoms with Crippen LogP contribution in [0.5, 0.6) is 0 Å². The van der Waals surface area contributed by atoms with E-state index in [0.717, 1.165) is 47.3 Å². The number of pyridine rings is 1. The summed E-state index contributed by atoms with van der Waals surface area (Å²) in [5, 5.41) is 0. The van der Waals surface area contributed by atoms with E-state index in [1.54, 1.807) is 6.20 Å². The van der Waals surface area contributed by atoms with Crippen molar-refractivity contribution in [1.29, 1.82) is 0 Å². The Kier molecular flexibility index (Phi) is 3.63. The Balaban J connectivity index is 1.40. The van der Waals surface area contributed by atoms with E-state index in [0.29, 0.717) is 5.92 Å². The first kappa shape index (κ1) is 15.9. The normalized spacial score (nSPS) is 14.5. The van der Waals surface area contributed by atoms with Gasteiger partial charge in [-0.1, -0.05) is 12.1 Å². The van der Waals surface area contributed by atoms with Gasteiger partial charge < -0.3 is 9.47 Å². The molecule has 134 valence electrons. The average Bonchev–Trinajstić information content (AvgIpc) is 2.98. The van der Waals surface area contributed by atoms with Gasteiger partial charge in [0.15, 0.2) is 0 Å². The molecule has 1 saturated heterocycles. The molecule has 1 aliphatic heterocycles. The van der Waals surface area contributed by atoms with E-state index in [4.69, 9.17) is 4.98 Å². The van der Waals surface area contributed by atoms with Crippen LogP contribution < -0.4 is 4.90 Å². The number of imidazole rings is 1. The fraction of sp³-hybridized carbons (Fsp3) is 0.238. The lowest BCUT2D eigenvalue weighted by atomic mass is 9.99. The molecule has 4 heterocycles. The zero-order valence-electron chi connectivity index (χ0n) is 15.4. The molecule has 0 unspecified atom stereocenters. The molecular formula is C21H20N6. The second kappa shape index (κ2) is 6.16.